The van der Waals surface area contributed by atoms with Crippen molar-refractivity contribution in [2.45, 2.75) is 38.5 Å². The van der Waals surface area contributed by atoms with E-state index in [0.717, 1.165) is 27.6 Å². The lowest BCUT2D eigenvalue weighted by atomic mass is 9.33. The molecule has 2 aliphatic carbocycles. The molecule has 3 nitrogen and oxygen atoms in total. The molecule has 0 unspecified atom stereocenters. The zero-order valence-corrected chi connectivity index (χ0v) is 33.0. The second-order valence-electron chi connectivity index (χ2n) is 17.6. The van der Waals surface area contributed by atoms with Gasteiger partial charge in [0.05, 0.1) is 5.69 Å². The molecule has 1 aromatic heterocycles. The second kappa shape index (κ2) is 11.0. The van der Waals surface area contributed by atoms with Crippen LogP contribution in [0.3, 0.4) is 0 Å². The third-order valence-corrected chi connectivity index (χ3v) is 14.0. The van der Waals surface area contributed by atoms with Gasteiger partial charge in [-0.1, -0.05) is 143 Å². The van der Waals surface area contributed by atoms with Gasteiger partial charge in [-0.3, -0.25) is 0 Å². The lowest BCUT2D eigenvalue weighted by Crippen LogP contribution is -2.61. The predicted molar refractivity (Wildman–Crippen MR) is 243 cm³/mol. The molecule has 0 bridgehead atoms. The van der Waals surface area contributed by atoms with Crippen LogP contribution in [0.5, 0.6) is 0 Å². The fourth-order valence-electron chi connectivity index (χ4n) is 11.5. The molecule has 0 N–H and O–H groups in total. The summed E-state index contributed by atoms with van der Waals surface area (Å²) >= 11 is 0. The van der Waals surface area contributed by atoms with E-state index in [1.165, 1.54) is 89.3 Å². The summed E-state index contributed by atoms with van der Waals surface area (Å²) in [5.41, 5.74) is 23.2. The summed E-state index contributed by atoms with van der Waals surface area (Å²) in [4.78, 5) is 4.99. The number of benzene rings is 8. The lowest BCUT2D eigenvalue weighted by Gasteiger charge is -2.44. The van der Waals surface area contributed by atoms with E-state index in [4.69, 9.17) is 4.42 Å². The summed E-state index contributed by atoms with van der Waals surface area (Å²) in [5.74, 6) is 0. The van der Waals surface area contributed by atoms with Crippen LogP contribution in [0.25, 0.3) is 44.2 Å². The SMILES string of the molecule is CC1(C)c2ccccc2-c2ccc(N3c4ccccc4B4c5ccccc5N(c5cccc6c5oc5c7c(ccc56)-c5ccccc5C7(C)C)c5cccc3c54)cc21. The van der Waals surface area contributed by atoms with Gasteiger partial charge in [-0.2, -0.15) is 0 Å². The van der Waals surface area contributed by atoms with Gasteiger partial charge in [0.1, 0.15) is 5.58 Å². The third-order valence-electron chi connectivity index (χ3n) is 14.0. The van der Waals surface area contributed by atoms with Crippen molar-refractivity contribution in [2.75, 3.05) is 9.80 Å². The summed E-state index contributed by atoms with van der Waals surface area (Å²) in [6.45, 7) is 9.49. The smallest absolute Gasteiger partial charge is 0.252 e. The maximum atomic E-state index is 7.26. The molecular formula is C54H39BN2O. The first-order valence-corrected chi connectivity index (χ1v) is 20.6. The van der Waals surface area contributed by atoms with Crippen molar-refractivity contribution in [3.63, 3.8) is 0 Å². The van der Waals surface area contributed by atoms with Gasteiger partial charge in [0, 0.05) is 55.6 Å². The van der Waals surface area contributed by atoms with Crippen LogP contribution in [-0.4, -0.2) is 6.71 Å². The minimum absolute atomic E-state index is 0.0682. The Balaban J connectivity index is 1.05. The second-order valence-corrected chi connectivity index (χ2v) is 17.6. The van der Waals surface area contributed by atoms with Gasteiger partial charge >= 0.3 is 0 Å². The molecule has 3 heterocycles. The number of nitrogens with zero attached hydrogens (tertiary/aromatic N) is 2. The Morgan fingerprint density at radius 1 is 0.414 bits per heavy atom. The minimum atomic E-state index is -0.185. The number of hydrogen-bond donors (Lipinski definition) is 0. The molecule has 58 heavy (non-hydrogen) atoms. The van der Waals surface area contributed by atoms with Crippen molar-refractivity contribution < 1.29 is 4.42 Å². The number of para-hydroxylation sites is 3. The Morgan fingerprint density at radius 2 is 0.948 bits per heavy atom. The average molecular weight is 743 g/mol. The van der Waals surface area contributed by atoms with Crippen LogP contribution >= 0.6 is 0 Å². The molecule has 274 valence electrons. The fraction of sp³-hybridized carbons (Fsp3) is 0.111. The van der Waals surface area contributed by atoms with Gasteiger partial charge in [-0.15, -0.1) is 0 Å². The van der Waals surface area contributed by atoms with Gasteiger partial charge in [0.15, 0.2) is 5.58 Å². The van der Waals surface area contributed by atoms with E-state index in [1.54, 1.807) is 0 Å². The highest BCUT2D eigenvalue weighted by Crippen LogP contribution is 2.55. The zero-order chi connectivity index (χ0) is 38.7. The van der Waals surface area contributed by atoms with Crippen LogP contribution in [-0.2, 0) is 10.8 Å². The maximum absolute atomic E-state index is 7.26. The first kappa shape index (κ1) is 32.3. The molecule has 2 aliphatic heterocycles. The maximum Gasteiger partial charge on any atom is 0.252 e. The first-order chi connectivity index (χ1) is 28.3. The molecule has 0 spiro atoms. The normalized spacial score (nSPS) is 15.8. The quantitative estimate of drug-likeness (QED) is 0.164. The number of rotatable bonds is 2. The van der Waals surface area contributed by atoms with Gasteiger partial charge < -0.3 is 14.2 Å². The van der Waals surface area contributed by atoms with Crippen LogP contribution in [0.2, 0.25) is 0 Å². The largest absolute Gasteiger partial charge is 0.453 e. The summed E-state index contributed by atoms with van der Waals surface area (Å²) in [7, 11) is 0. The van der Waals surface area contributed by atoms with Crippen LogP contribution < -0.4 is 26.2 Å². The van der Waals surface area contributed by atoms with E-state index < -0.39 is 0 Å². The summed E-state index contributed by atoms with van der Waals surface area (Å²) in [6, 6.07) is 61.1. The van der Waals surface area contributed by atoms with Crippen LogP contribution in [0.1, 0.15) is 49.9 Å². The molecule has 4 heteroatoms. The van der Waals surface area contributed by atoms with E-state index in [0.29, 0.717) is 0 Å². The fourth-order valence-corrected chi connectivity index (χ4v) is 11.5. The zero-order valence-electron chi connectivity index (χ0n) is 33.0. The van der Waals surface area contributed by atoms with E-state index in [-0.39, 0.29) is 17.5 Å². The Labute approximate surface area is 338 Å². The van der Waals surface area contributed by atoms with Crippen molar-refractivity contribution in [3.05, 3.63) is 186 Å². The van der Waals surface area contributed by atoms with E-state index >= 15 is 0 Å². The van der Waals surface area contributed by atoms with Gasteiger partial charge in [0.25, 0.3) is 6.71 Å². The highest BCUT2D eigenvalue weighted by Gasteiger charge is 2.45. The Hall–Kier alpha value is -6.78. The standard InChI is InChI=1S/C54H39BN2O/c1-53(2)39-18-7-5-15-33(39)35-28-27-32(31-41(35)53)56-44-22-11-9-20-42(44)55-43-21-10-12-23-45(43)57(47-25-14-24-46(56)50(47)55)48-26-13-17-37-38-30-29-36-34-16-6-8-19-40(34)54(3,4)49(36)52(38)58-51(37)48/h5-31H,1-4H3. The van der Waals surface area contributed by atoms with Gasteiger partial charge in [-0.05, 0) is 104 Å². The molecule has 4 aliphatic rings. The summed E-state index contributed by atoms with van der Waals surface area (Å²) in [6.07, 6.45) is 0. The highest BCUT2D eigenvalue weighted by atomic mass is 16.3. The van der Waals surface area contributed by atoms with Crippen LogP contribution in [0.4, 0.5) is 34.1 Å². The molecule has 0 fully saturated rings. The Kier molecular flexibility index (Phi) is 6.13. The molecule has 0 amide bonds. The Morgan fingerprint density at radius 3 is 1.71 bits per heavy atom. The van der Waals surface area contributed by atoms with E-state index in [2.05, 4.69) is 201 Å². The molecule has 8 aromatic carbocycles. The van der Waals surface area contributed by atoms with E-state index in [9.17, 15) is 0 Å². The van der Waals surface area contributed by atoms with Gasteiger partial charge in [-0.25, -0.2) is 0 Å². The number of anilines is 6. The minimum Gasteiger partial charge on any atom is -0.453 e. The van der Waals surface area contributed by atoms with Gasteiger partial charge in [0.2, 0.25) is 0 Å². The molecular weight excluding hydrogens is 703 g/mol. The monoisotopic (exact) mass is 742 g/mol. The molecule has 0 radical (unpaired) electrons. The van der Waals surface area contributed by atoms with Crippen molar-refractivity contribution >= 4 is 79.2 Å². The van der Waals surface area contributed by atoms with Crippen molar-refractivity contribution in [2.24, 2.45) is 0 Å². The van der Waals surface area contributed by atoms with Crippen LogP contribution in [0.15, 0.2) is 168 Å². The summed E-state index contributed by atoms with van der Waals surface area (Å²) in [5, 5.41) is 2.30. The molecule has 0 saturated carbocycles. The highest BCUT2D eigenvalue weighted by molar-refractivity contribution is 7.00. The third kappa shape index (κ3) is 3.90. The van der Waals surface area contributed by atoms with Crippen LogP contribution in [0, 0.1) is 0 Å². The average Bonchev–Trinajstić information content (AvgIpc) is 3.83. The number of fused-ring (bicyclic) bond motifs is 14. The Bertz CT molecular complexity index is 3280. The predicted octanol–water partition coefficient (Wildman–Crippen LogP) is 12.3. The van der Waals surface area contributed by atoms with Crippen molar-refractivity contribution in [3.8, 4) is 22.3 Å². The molecule has 0 saturated heterocycles. The lowest BCUT2D eigenvalue weighted by molar-refractivity contribution is 0.620. The molecule has 9 aromatic rings. The molecule has 13 rings (SSSR count). The molecule has 0 atom stereocenters. The van der Waals surface area contributed by atoms with E-state index in [1.807, 2.05) is 0 Å². The number of hydrogen-bond acceptors (Lipinski definition) is 3. The topological polar surface area (TPSA) is 19.6 Å². The number of furan rings is 1. The first-order valence-electron chi connectivity index (χ1n) is 20.6. The van der Waals surface area contributed by atoms with Crippen molar-refractivity contribution in [1.29, 1.82) is 0 Å². The van der Waals surface area contributed by atoms with Crippen molar-refractivity contribution in [1.82, 2.24) is 0 Å². The summed E-state index contributed by atoms with van der Waals surface area (Å²) < 4.78 is 7.26.